The highest BCUT2D eigenvalue weighted by Crippen LogP contribution is 2.46. The second-order valence-electron chi connectivity index (χ2n) is 8.98. The van der Waals surface area contributed by atoms with Crippen LogP contribution in [0.15, 0.2) is 23.1 Å². The number of carbonyl (C=O) groups is 3. The summed E-state index contributed by atoms with van der Waals surface area (Å²) in [5.41, 5.74) is 1.35. The van der Waals surface area contributed by atoms with Crippen LogP contribution in [0.25, 0.3) is 0 Å². The minimum Gasteiger partial charge on any atom is -0.338 e. The summed E-state index contributed by atoms with van der Waals surface area (Å²) in [5.74, 6) is -0.782. The van der Waals surface area contributed by atoms with Gasteiger partial charge in [0.1, 0.15) is 6.54 Å². The van der Waals surface area contributed by atoms with Gasteiger partial charge in [-0.15, -0.1) is 0 Å². The lowest BCUT2D eigenvalue weighted by molar-refractivity contribution is -0.147. The highest BCUT2D eigenvalue weighted by atomic mass is 32.2. The molecule has 9 heteroatoms. The van der Waals surface area contributed by atoms with Crippen molar-refractivity contribution in [1.82, 2.24) is 14.1 Å². The van der Waals surface area contributed by atoms with Crippen molar-refractivity contribution < 1.29 is 22.8 Å². The first-order valence-electron chi connectivity index (χ1n) is 10.8. The third kappa shape index (κ3) is 3.89. The van der Waals surface area contributed by atoms with E-state index in [4.69, 9.17) is 0 Å². The molecule has 2 aliphatic heterocycles. The molecule has 2 saturated heterocycles. The van der Waals surface area contributed by atoms with Gasteiger partial charge in [0, 0.05) is 32.6 Å². The van der Waals surface area contributed by atoms with Gasteiger partial charge in [-0.1, -0.05) is 18.9 Å². The zero-order valence-electron chi connectivity index (χ0n) is 18.1. The van der Waals surface area contributed by atoms with E-state index in [1.165, 1.54) is 4.31 Å². The molecule has 2 heterocycles. The molecule has 1 aromatic carbocycles. The maximum Gasteiger partial charge on any atom is 0.243 e. The summed E-state index contributed by atoms with van der Waals surface area (Å²) in [6.07, 6.45) is 3.53. The monoisotopic (exact) mass is 447 g/mol. The molecule has 0 atom stereocenters. The Morgan fingerprint density at radius 2 is 1.65 bits per heavy atom. The van der Waals surface area contributed by atoms with Crippen molar-refractivity contribution in [3.63, 3.8) is 0 Å². The predicted octanol–water partition coefficient (Wildman–Crippen LogP) is 1.46. The molecule has 1 aromatic rings. The number of carbonyl (C=O) groups excluding carboxylic acids is 3. The Hall–Kier alpha value is -2.26. The summed E-state index contributed by atoms with van der Waals surface area (Å²) >= 11 is 0. The first-order chi connectivity index (χ1) is 14.6. The van der Waals surface area contributed by atoms with Crippen LogP contribution in [0.4, 0.5) is 0 Å². The summed E-state index contributed by atoms with van der Waals surface area (Å²) in [6, 6.07) is 5.08. The summed E-state index contributed by atoms with van der Waals surface area (Å²) in [7, 11) is -3.63. The Morgan fingerprint density at radius 1 is 1.00 bits per heavy atom. The number of aryl methyl sites for hydroxylation is 2. The van der Waals surface area contributed by atoms with Gasteiger partial charge in [-0.25, -0.2) is 8.42 Å². The largest absolute Gasteiger partial charge is 0.338 e. The summed E-state index contributed by atoms with van der Waals surface area (Å²) in [6.45, 7) is 4.42. The van der Waals surface area contributed by atoms with E-state index in [0.717, 1.165) is 41.7 Å². The molecule has 0 bridgehead atoms. The van der Waals surface area contributed by atoms with Gasteiger partial charge in [0.15, 0.2) is 0 Å². The number of piperazine rings is 1. The summed E-state index contributed by atoms with van der Waals surface area (Å²) < 4.78 is 27.3. The fraction of sp³-hybridized carbons (Fsp3) is 0.591. The zero-order valence-corrected chi connectivity index (χ0v) is 18.9. The Morgan fingerprint density at radius 3 is 2.26 bits per heavy atom. The smallest absolute Gasteiger partial charge is 0.243 e. The average Bonchev–Trinajstić information content (AvgIpc) is 3.30. The molecule has 31 heavy (non-hydrogen) atoms. The first kappa shape index (κ1) is 22.0. The third-order valence-corrected chi connectivity index (χ3v) is 8.95. The first-order valence-corrected chi connectivity index (χ1v) is 12.3. The molecule has 1 spiro atoms. The number of hydrogen-bond donors (Lipinski definition) is 0. The van der Waals surface area contributed by atoms with Gasteiger partial charge in [-0.3, -0.25) is 19.3 Å². The van der Waals surface area contributed by atoms with Gasteiger partial charge in [-0.05, 0) is 49.9 Å². The average molecular weight is 448 g/mol. The standard InChI is InChI=1S/C22H29N3O5S/c1-16-5-6-18(13-17(16)2)31(29,30)24-11-9-23(10-12-24)20(27)15-25-19(26)14-22(21(25)28)7-3-4-8-22/h5-6,13H,3-4,7-12,14-15H2,1-2H3. The molecule has 1 saturated carbocycles. The lowest BCUT2D eigenvalue weighted by Gasteiger charge is -2.34. The van der Waals surface area contributed by atoms with Crippen molar-refractivity contribution in [2.45, 2.75) is 50.8 Å². The van der Waals surface area contributed by atoms with Crippen LogP contribution in [0.5, 0.6) is 0 Å². The minimum absolute atomic E-state index is 0.187. The molecule has 8 nitrogen and oxygen atoms in total. The van der Waals surface area contributed by atoms with E-state index in [9.17, 15) is 22.8 Å². The number of hydrogen-bond acceptors (Lipinski definition) is 5. The van der Waals surface area contributed by atoms with Crippen molar-refractivity contribution in [1.29, 1.82) is 0 Å². The van der Waals surface area contributed by atoms with E-state index in [1.54, 1.807) is 23.1 Å². The predicted molar refractivity (Wildman–Crippen MR) is 113 cm³/mol. The number of likely N-dealkylation sites (tertiary alicyclic amines) is 1. The molecule has 1 aliphatic carbocycles. The molecule has 3 aliphatic rings. The lowest BCUT2D eigenvalue weighted by atomic mass is 9.84. The zero-order chi connectivity index (χ0) is 22.4. The molecule has 0 radical (unpaired) electrons. The Balaban J connectivity index is 1.37. The number of imide groups is 1. The van der Waals surface area contributed by atoms with Gasteiger partial charge in [0.05, 0.1) is 10.3 Å². The second kappa shape index (κ2) is 8.02. The summed E-state index contributed by atoms with van der Waals surface area (Å²) in [5, 5.41) is 0. The topological polar surface area (TPSA) is 95.1 Å². The molecule has 3 amide bonds. The van der Waals surface area contributed by atoms with Gasteiger partial charge < -0.3 is 4.90 Å². The van der Waals surface area contributed by atoms with Crippen molar-refractivity contribution in [3.05, 3.63) is 29.3 Å². The second-order valence-corrected chi connectivity index (χ2v) is 10.9. The normalized spacial score (nSPS) is 22.0. The Kier molecular flexibility index (Phi) is 5.68. The van der Waals surface area contributed by atoms with E-state index in [-0.39, 0.29) is 61.8 Å². The highest BCUT2D eigenvalue weighted by Gasteiger charge is 2.53. The quantitative estimate of drug-likeness (QED) is 0.651. The number of rotatable bonds is 4. The number of amides is 3. The van der Waals surface area contributed by atoms with Crippen LogP contribution in [-0.2, 0) is 24.4 Å². The van der Waals surface area contributed by atoms with E-state index < -0.39 is 15.4 Å². The third-order valence-electron chi connectivity index (χ3n) is 7.05. The van der Waals surface area contributed by atoms with E-state index in [0.29, 0.717) is 0 Å². The van der Waals surface area contributed by atoms with Gasteiger partial charge in [-0.2, -0.15) is 4.31 Å². The van der Waals surface area contributed by atoms with Gasteiger partial charge in [0.2, 0.25) is 27.7 Å². The number of sulfonamides is 1. The number of benzene rings is 1. The van der Waals surface area contributed by atoms with E-state index in [2.05, 4.69) is 0 Å². The Labute approximate surface area is 183 Å². The fourth-order valence-corrected chi connectivity index (χ4v) is 6.41. The van der Waals surface area contributed by atoms with Crippen LogP contribution in [0.3, 0.4) is 0 Å². The van der Waals surface area contributed by atoms with Crippen molar-refractivity contribution in [3.8, 4) is 0 Å². The molecule has 0 N–H and O–H groups in total. The molecule has 0 unspecified atom stereocenters. The van der Waals surface area contributed by atoms with Crippen LogP contribution >= 0.6 is 0 Å². The highest BCUT2D eigenvalue weighted by molar-refractivity contribution is 7.89. The van der Waals surface area contributed by atoms with Crippen LogP contribution in [-0.4, -0.2) is 73.0 Å². The fourth-order valence-electron chi connectivity index (χ4n) is 4.90. The van der Waals surface area contributed by atoms with E-state index >= 15 is 0 Å². The maximum absolute atomic E-state index is 13.0. The SMILES string of the molecule is Cc1ccc(S(=O)(=O)N2CCN(C(=O)CN3C(=O)CC4(CCCC4)C3=O)CC2)cc1C. The van der Waals surface area contributed by atoms with Crippen LogP contribution < -0.4 is 0 Å². The maximum atomic E-state index is 13.0. The van der Waals surface area contributed by atoms with Gasteiger partial charge in [0.25, 0.3) is 0 Å². The van der Waals surface area contributed by atoms with Gasteiger partial charge >= 0.3 is 0 Å². The molecule has 4 rings (SSSR count). The van der Waals surface area contributed by atoms with E-state index in [1.807, 2.05) is 13.8 Å². The minimum atomic E-state index is -3.63. The van der Waals surface area contributed by atoms with Crippen LogP contribution in [0.2, 0.25) is 0 Å². The van der Waals surface area contributed by atoms with Crippen molar-refractivity contribution in [2.75, 3.05) is 32.7 Å². The number of nitrogens with zero attached hydrogens (tertiary/aromatic N) is 3. The van der Waals surface area contributed by atoms with Crippen LogP contribution in [0.1, 0.15) is 43.2 Å². The van der Waals surface area contributed by atoms with Crippen LogP contribution in [0, 0.1) is 19.3 Å². The van der Waals surface area contributed by atoms with Crippen molar-refractivity contribution >= 4 is 27.7 Å². The lowest BCUT2D eigenvalue weighted by Crippen LogP contribution is -2.53. The molecule has 0 aromatic heterocycles. The molecular formula is C22H29N3O5S. The van der Waals surface area contributed by atoms with Crippen molar-refractivity contribution in [2.24, 2.45) is 5.41 Å². The molecule has 3 fully saturated rings. The molecule has 168 valence electrons. The Bertz CT molecular complexity index is 1020. The molecular weight excluding hydrogens is 418 g/mol. The summed E-state index contributed by atoms with van der Waals surface area (Å²) in [4.78, 5) is 40.9.